The number of hydrogen-bond acceptors (Lipinski definition) is 4. The smallest absolute Gasteiger partial charge is 0.319 e. The number of nitrogens with zero attached hydrogens (tertiary/aromatic N) is 2. The van der Waals surface area contributed by atoms with Gasteiger partial charge in [0.1, 0.15) is 12.4 Å². The lowest BCUT2D eigenvalue weighted by molar-refractivity contribution is 0.251. The van der Waals surface area contributed by atoms with Crippen molar-refractivity contribution in [3.63, 3.8) is 0 Å². The summed E-state index contributed by atoms with van der Waals surface area (Å²) in [4.78, 5) is 18.4. The Labute approximate surface area is 171 Å². The number of aromatic nitrogens is 1. The highest BCUT2D eigenvalue weighted by Gasteiger charge is 2.11. The number of hydrogen-bond donors (Lipinski definition) is 2. The molecule has 1 unspecified atom stereocenters. The van der Waals surface area contributed by atoms with Gasteiger partial charge in [-0.1, -0.05) is 24.3 Å². The summed E-state index contributed by atoms with van der Waals surface area (Å²) in [5.74, 6) is 0.691. The molecule has 3 rings (SSSR count). The van der Waals surface area contributed by atoms with Crippen LogP contribution in [0.3, 0.4) is 0 Å². The van der Waals surface area contributed by atoms with Gasteiger partial charge in [-0.25, -0.2) is 4.79 Å². The van der Waals surface area contributed by atoms with E-state index in [1.165, 1.54) is 0 Å². The van der Waals surface area contributed by atoms with Crippen LogP contribution in [0.4, 0.5) is 16.2 Å². The van der Waals surface area contributed by atoms with E-state index in [2.05, 4.69) is 27.4 Å². The molecule has 0 radical (unpaired) electrons. The Kier molecular flexibility index (Phi) is 7.05. The molecule has 6 heteroatoms. The van der Waals surface area contributed by atoms with Gasteiger partial charge >= 0.3 is 6.03 Å². The third-order valence-corrected chi connectivity index (χ3v) is 4.63. The number of pyridine rings is 1. The first-order chi connectivity index (χ1) is 14.1. The molecule has 0 bridgehead atoms. The lowest BCUT2D eigenvalue weighted by atomic mass is 10.2. The molecule has 2 N–H and O–H groups in total. The molecule has 0 aliphatic carbocycles. The van der Waals surface area contributed by atoms with Gasteiger partial charge in [-0.05, 0) is 48.9 Å². The zero-order valence-electron chi connectivity index (χ0n) is 16.7. The summed E-state index contributed by atoms with van der Waals surface area (Å²) < 4.78 is 5.79. The molecule has 0 aliphatic heterocycles. The maximum Gasteiger partial charge on any atom is 0.319 e. The highest BCUT2D eigenvalue weighted by Crippen LogP contribution is 2.18. The minimum atomic E-state index is -0.246. The van der Waals surface area contributed by atoms with Crippen molar-refractivity contribution in [1.82, 2.24) is 10.3 Å². The molecule has 6 nitrogen and oxygen atoms in total. The van der Waals surface area contributed by atoms with Crippen LogP contribution in [0.15, 0.2) is 79.1 Å². The Bertz CT molecular complexity index is 903. The van der Waals surface area contributed by atoms with Crippen LogP contribution in [0.2, 0.25) is 0 Å². The van der Waals surface area contributed by atoms with Gasteiger partial charge in [0.15, 0.2) is 0 Å². The third kappa shape index (κ3) is 6.24. The fourth-order valence-electron chi connectivity index (χ4n) is 2.78. The molecular weight excluding hydrogens is 364 g/mol. The molecule has 2 amide bonds. The molecule has 1 aromatic heterocycles. The van der Waals surface area contributed by atoms with Crippen molar-refractivity contribution in [2.45, 2.75) is 19.6 Å². The lowest BCUT2D eigenvalue weighted by Gasteiger charge is -2.27. The molecule has 150 valence electrons. The maximum atomic E-state index is 12.3. The molecular formula is C23H26N4O2. The first-order valence-electron chi connectivity index (χ1n) is 9.56. The standard InChI is InChI=1S/C23H26N4O2/c1-18(27(2)21-8-4-3-5-9-21)16-25-23(28)26-20-7-6-10-22(15-20)29-17-19-11-13-24-14-12-19/h3-15,18H,16-17H2,1-2H3,(H2,25,26,28). The predicted molar refractivity (Wildman–Crippen MR) is 116 cm³/mol. The van der Waals surface area contributed by atoms with Crippen molar-refractivity contribution in [2.24, 2.45) is 0 Å². The number of urea groups is 1. The molecule has 3 aromatic rings. The zero-order valence-corrected chi connectivity index (χ0v) is 16.7. The van der Waals surface area contributed by atoms with E-state index < -0.39 is 0 Å². The summed E-state index contributed by atoms with van der Waals surface area (Å²) in [5, 5.41) is 5.78. The van der Waals surface area contributed by atoms with Crippen LogP contribution in [0.5, 0.6) is 5.75 Å². The first kappa shape index (κ1) is 20.2. The molecule has 0 spiro atoms. The number of amides is 2. The van der Waals surface area contributed by atoms with Crippen LogP contribution in [0.25, 0.3) is 0 Å². The van der Waals surface area contributed by atoms with E-state index in [0.29, 0.717) is 24.6 Å². The Morgan fingerprint density at radius 3 is 2.59 bits per heavy atom. The Hall–Kier alpha value is -3.54. The summed E-state index contributed by atoms with van der Waals surface area (Å²) in [5.41, 5.74) is 2.83. The van der Waals surface area contributed by atoms with Crippen molar-refractivity contribution in [1.29, 1.82) is 0 Å². The van der Waals surface area contributed by atoms with Gasteiger partial charge in [-0.2, -0.15) is 0 Å². The number of rotatable bonds is 8. The van der Waals surface area contributed by atoms with Crippen LogP contribution in [-0.4, -0.2) is 30.6 Å². The maximum absolute atomic E-state index is 12.3. The van der Waals surface area contributed by atoms with Crippen molar-refractivity contribution in [3.8, 4) is 5.75 Å². The van der Waals surface area contributed by atoms with Crippen molar-refractivity contribution >= 4 is 17.4 Å². The number of ether oxygens (including phenoxy) is 1. The summed E-state index contributed by atoms with van der Waals surface area (Å²) in [6, 6.07) is 21.2. The number of para-hydroxylation sites is 1. The Morgan fingerprint density at radius 2 is 1.83 bits per heavy atom. The summed E-state index contributed by atoms with van der Waals surface area (Å²) in [6.07, 6.45) is 3.47. The number of carbonyl (C=O) groups is 1. The number of likely N-dealkylation sites (N-methyl/N-ethyl adjacent to an activating group) is 1. The Morgan fingerprint density at radius 1 is 1.07 bits per heavy atom. The van der Waals surface area contributed by atoms with Gasteiger partial charge in [0.05, 0.1) is 0 Å². The normalized spacial score (nSPS) is 11.4. The summed E-state index contributed by atoms with van der Waals surface area (Å²) in [6.45, 7) is 3.04. The second kappa shape index (κ2) is 10.1. The zero-order chi connectivity index (χ0) is 20.5. The second-order valence-electron chi connectivity index (χ2n) is 6.80. The van der Waals surface area contributed by atoms with Gasteiger partial charge in [0, 0.05) is 49.5 Å². The number of carbonyl (C=O) groups excluding carboxylic acids is 1. The van der Waals surface area contributed by atoms with E-state index in [1.807, 2.05) is 67.7 Å². The molecule has 1 heterocycles. The average molecular weight is 390 g/mol. The molecule has 0 saturated carbocycles. The Balaban J connectivity index is 1.47. The predicted octanol–water partition coefficient (Wildman–Crippen LogP) is 4.31. The molecule has 0 fully saturated rings. The van der Waals surface area contributed by atoms with Crippen molar-refractivity contribution in [3.05, 3.63) is 84.7 Å². The van der Waals surface area contributed by atoms with Crippen LogP contribution < -0.4 is 20.3 Å². The average Bonchev–Trinajstić information content (AvgIpc) is 2.77. The summed E-state index contributed by atoms with van der Waals surface area (Å²) >= 11 is 0. The first-order valence-corrected chi connectivity index (χ1v) is 9.56. The van der Waals surface area contributed by atoms with E-state index in [9.17, 15) is 4.79 Å². The molecule has 1 atom stereocenters. The molecule has 0 saturated heterocycles. The van der Waals surface area contributed by atoms with Gasteiger partial charge in [0.2, 0.25) is 0 Å². The van der Waals surface area contributed by atoms with Gasteiger partial charge < -0.3 is 20.3 Å². The molecule has 29 heavy (non-hydrogen) atoms. The number of benzene rings is 2. The highest BCUT2D eigenvalue weighted by atomic mass is 16.5. The number of nitrogens with one attached hydrogen (secondary N) is 2. The highest BCUT2D eigenvalue weighted by molar-refractivity contribution is 5.89. The van der Waals surface area contributed by atoms with E-state index in [0.717, 1.165) is 11.3 Å². The third-order valence-electron chi connectivity index (χ3n) is 4.63. The van der Waals surface area contributed by atoms with Gasteiger partial charge in [-0.15, -0.1) is 0 Å². The minimum absolute atomic E-state index is 0.151. The fraction of sp³-hybridized carbons (Fsp3) is 0.217. The van der Waals surface area contributed by atoms with E-state index in [4.69, 9.17) is 4.74 Å². The molecule has 2 aromatic carbocycles. The van der Waals surface area contributed by atoms with Gasteiger partial charge in [-0.3, -0.25) is 4.98 Å². The monoisotopic (exact) mass is 390 g/mol. The van der Waals surface area contributed by atoms with Crippen LogP contribution in [0.1, 0.15) is 12.5 Å². The quantitative estimate of drug-likeness (QED) is 0.602. The van der Waals surface area contributed by atoms with E-state index >= 15 is 0 Å². The van der Waals surface area contributed by atoms with Crippen LogP contribution >= 0.6 is 0 Å². The molecule has 0 aliphatic rings. The second-order valence-corrected chi connectivity index (χ2v) is 6.80. The van der Waals surface area contributed by atoms with Gasteiger partial charge in [0.25, 0.3) is 0 Å². The summed E-state index contributed by atoms with van der Waals surface area (Å²) in [7, 11) is 2.02. The van der Waals surface area contributed by atoms with Crippen LogP contribution in [0, 0.1) is 0 Å². The largest absolute Gasteiger partial charge is 0.489 e. The topological polar surface area (TPSA) is 66.5 Å². The number of anilines is 2. The lowest BCUT2D eigenvalue weighted by Crippen LogP contribution is -2.41. The van der Waals surface area contributed by atoms with E-state index in [1.54, 1.807) is 18.5 Å². The van der Waals surface area contributed by atoms with E-state index in [-0.39, 0.29) is 12.1 Å². The van der Waals surface area contributed by atoms with Crippen molar-refractivity contribution in [2.75, 3.05) is 23.8 Å². The fourth-order valence-corrected chi connectivity index (χ4v) is 2.78. The van der Waals surface area contributed by atoms with Crippen LogP contribution in [-0.2, 0) is 6.61 Å². The SMILES string of the molecule is CC(CNC(=O)Nc1cccc(OCc2ccncc2)c1)N(C)c1ccccc1. The van der Waals surface area contributed by atoms with Crippen molar-refractivity contribution < 1.29 is 9.53 Å². The minimum Gasteiger partial charge on any atom is -0.489 e.